The van der Waals surface area contributed by atoms with E-state index in [1.165, 1.54) is 0 Å². The van der Waals surface area contributed by atoms with Gasteiger partial charge in [0, 0.05) is 0 Å². The van der Waals surface area contributed by atoms with Crippen LogP contribution in [0.5, 0.6) is 0 Å². The molecule has 1 nitrogen and oxygen atoms in total. The van der Waals surface area contributed by atoms with E-state index in [1.807, 2.05) is 6.08 Å². The zero-order valence-electron chi connectivity index (χ0n) is 15.8. The van der Waals surface area contributed by atoms with E-state index in [1.54, 1.807) is 24.3 Å². The van der Waals surface area contributed by atoms with Crippen LogP contribution in [0.4, 0.5) is 30.7 Å². The molecule has 162 valence electrons. The Morgan fingerprint density at radius 2 is 1.37 bits per heavy atom. The van der Waals surface area contributed by atoms with E-state index < -0.39 is 29.7 Å². The lowest BCUT2D eigenvalue weighted by molar-refractivity contribution is -0.432. The van der Waals surface area contributed by atoms with E-state index >= 15 is 0 Å². The molecule has 1 aliphatic carbocycles. The van der Waals surface area contributed by atoms with Gasteiger partial charge in [-0.15, -0.1) is 19.8 Å². The first-order valence-corrected chi connectivity index (χ1v) is 9.37. The van der Waals surface area contributed by atoms with Crippen molar-refractivity contribution in [1.82, 2.24) is 0 Å². The van der Waals surface area contributed by atoms with Gasteiger partial charge in [0.05, 0.1) is 0 Å². The number of allylic oxidation sites excluding steroid dienone is 1. The number of hydrogen-bond acceptors (Lipinski definition) is 1. The first-order chi connectivity index (χ1) is 14.0. The minimum absolute atomic E-state index is 0.0709. The zero-order chi connectivity index (χ0) is 22.1. The van der Waals surface area contributed by atoms with Gasteiger partial charge in [-0.3, -0.25) is 0 Å². The van der Waals surface area contributed by atoms with Crippen molar-refractivity contribution >= 4 is 0 Å². The fourth-order valence-electron chi connectivity index (χ4n) is 3.85. The topological polar surface area (TPSA) is 9.23 Å². The van der Waals surface area contributed by atoms with Gasteiger partial charge in [-0.1, -0.05) is 30.3 Å². The monoisotopic (exact) mass is 432 g/mol. The molecule has 0 radical (unpaired) electrons. The summed E-state index contributed by atoms with van der Waals surface area (Å²) in [6, 6.07) is 7.95. The lowest BCUT2D eigenvalue weighted by Gasteiger charge is -2.27. The molecule has 1 saturated carbocycles. The van der Waals surface area contributed by atoms with Gasteiger partial charge in [0.1, 0.15) is 17.2 Å². The minimum Gasteiger partial charge on any atom is -0.222 e. The molecule has 0 aliphatic heterocycles. The second-order valence-electron chi connectivity index (χ2n) is 7.35. The average molecular weight is 432 g/mol. The SMILES string of the molecule is C=CC1CCC(c2ccc(-c3cc(F)c(C(F)(F)OC(F)(F)F)c(F)c3)cc2)CC1. The van der Waals surface area contributed by atoms with Crippen LogP contribution in [0, 0.1) is 17.6 Å². The Balaban J connectivity index is 1.82. The summed E-state index contributed by atoms with van der Waals surface area (Å²) in [5.74, 6) is -2.80. The van der Waals surface area contributed by atoms with Gasteiger partial charge in [0.25, 0.3) is 0 Å². The molecule has 0 atom stereocenters. The van der Waals surface area contributed by atoms with E-state index in [0.29, 0.717) is 29.5 Å². The normalized spacial score (nSPS) is 20.2. The summed E-state index contributed by atoms with van der Waals surface area (Å²) in [5.41, 5.74) is -0.746. The molecule has 1 aliphatic rings. The summed E-state index contributed by atoms with van der Waals surface area (Å²) < 4.78 is 94.4. The van der Waals surface area contributed by atoms with Crippen LogP contribution in [0.1, 0.15) is 42.7 Å². The van der Waals surface area contributed by atoms with Gasteiger partial charge in [-0.25, -0.2) is 13.5 Å². The molecule has 0 aromatic heterocycles. The van der Waals surface area contributed by atoms with E-state index in [2.05, 4.69) is 11.3 Å². The third-order valence-corrected chi connectivity index (χ3v) is 5.40. The maximum atomic E-state index is 14.1. The van der Waals surface area contributed by atoms with Gasteiger partial charge < -0.3 is 0 Å². The second kappa shape index (κ2) is 8.41. The lowest BCUT2D eigenvalue weighted by Crippen LogP contribution is -2.29. The lowest BCUT2D eigenvalue weighted by atomic mass is 9.78. The number of ether oxygens (including phenoxy) is 1. The van der Waals surface area contributed by atoms with E-state index in [-0.39, 0.29) is 5.56 Å². The molecule has 0 spiro atoms. The summed E-state index contributed by atoms with van der Waals surface area (Å²) in [6.45, 7) is 3.81. The molecule has 0 unspecified atom stereocenters. The highest BCUT2D eigenvalue weighted by Crippen LogP contribution is 2.41. The van der Waals surface area contributed by atoms with Crippen LogP contribution < -0.4 is 0 Å². The smallest absolute Gasteiger partial charge is 0.222 e. The number of alkyl halides is 5. The van der Waals surface area contributed by atoms with Crippen molar-refractivity contribution < 1.29 is 35.5 Å². The highest BCUT2D eigenvalue weighted by Gasteiger charge is 2.49. The minimum atomic E-state index is -5.76. The predicted molar refractivity (Wildman–Crippen MR) is 97.7 cm³/mol. The average Bonchev–Trinajstić information content (AvgIpc) is 2.65. The van der Waals surface area contributed by atoms with Gasteiger partial charge in [-0.2, -0.15) is 8.78 Å². The fourth-order valence-corrected chi connectivity index (χ4v) is 3.85. The molecule has 8 heteroatoms. The van der Waals surface area contributed by atoms with E-state index in [4.69, 9.17) is 0 Å². The summed E-state index contributed by atoms with van der Waals surface area (Å²) in [5, 5.41) is 0. The van der Waals surface area contributed by atoms with Crippen molar-refractivity contribution in [2.24, 2.45) is 5.92 Å². The summed E-state index contributed by atoms with van der Waals surface area (Å²) in [6.07, 6.45) is -4.97. The molecule has 0 saturated heterocycles. The van der Waals surface area contributed by atoms with Crippen LogP contribution in [0.25, 0.3) is 11.1 Å². The number of halogens is 7. The molecule has 0 N–H and O–H groups in total. The van der Waals surface area contributed by atoms with Gasteiger partial charge in [0.15, 0.2) is 0 Å². The summed E-state index contributed by atoms with van der Waals surface area (Å²) in [4.78, 5) is 0. The summed E-state index contributed by atoms with van der Waals surface area (Å²) >= 11 is 0. The zero-order valence-corrected chi connectivity index (χ0v) is 15.8. The van der Waals surface area contributed by atoms with Crippen LogP contribution in [0.3, 0.4) is 0 Å². The maximum Gasteiger partial charge on any atom is 0.527 e. The molecular weight excluding hydrogens is 413 g/mol. The van der Waals surface area contributed by atoms with E-state index in [9.17, 15) is 30.7 Å². The third kappa shape index (κ3) is 5.03. The van der Waals surface area contributed by atoms with Crippen LogP contribution in [0.2, 0.25) is 0 Å². The highest BCUT2D eigenvalue weighted by molar-refractivity contribution is 5.64. The Labute approximate surface area is 169 Å². The van der Waals surface area contributed by atoms with Crippen LogP contribution >= 0.6 is 0 Å². The van der Waals surface area contributed by atoms with Crippen LogP contribution in [-0.2, 0) is 10.8 Å². The molecule has 1 fully saturated rings. The van der Waals surface area contributed by atoms with Crippen molar-refractivity contribution in [3.8, 4) is 11.1 Å². The first-order valence-electron chi connectivity index (χ1n) is 9.37. The second-order valence-corrected chi connectivity index (χ2v) is 7.35. The fraction of sp³-hybridized carbons (Fsp3) is 0.364. The Kier molecular flexibility index (Phi) is 6.26. The number of rotatable bonds is 5. The van der Waals surface area contributed by atoms with Crippen molar-refractivity contribution in [3.05, 3.63) is 71.8 Å². The standard InChI is InChI=1S/C22H19F7O/c1-2-13-3-5-14(6-4-13)15-7-9-16(10-8-15)17-11-18(23)20(19(24)12-17)21(25,26)30-22(27,28)29/h2,7-14H,1,3-6H2. The Morgan fingerprint density at radius 3 is 1.83 bits per heavy atom. The Hall–Kier alpha value is -2.35. The van der Waals surface area contributed by atoms with Gasteiger partial charge in [0.2, 0.25) is 0 Å². The van der Waals surface area contributed by atoms with Crippen molar-refractivity contribution in [2.75, 3.05) is 0 Å². The Bertz CT molecular complexity index is 872. The number of benzene rings is 2. The van der Waals surface area contributed by atoms with Crippen molar-refractivity contribution in [1.29, 1.82) is 0 Å². The van der Waals surface area contributed by atoms with Gasteiger partial charge >= 0.3 is 12.5 Å². The maximum absolute atomic E-state index is 14.1. The largest absolute Gasteiger partial charge is 0.527 e. The predicted octanol–water partition coefficient (Wildman–Crippen LogP) is 7.68. The molecule has 30 heavy (non-hydrogen) atoms. The Morgan fingerprint density at radius 1 is 0.833 bits per heavy atom. The third-order valence-electron chi connectivity index (χ3n) is 5.40. The van der Waals surface area contributed by atoms with E-state index in [0.717, 1.165) is 31.2 Å². The summed E-state index contributed by atoms with van der Waals surface area (Å²) in [7, 11) is 0. The molecule has 0 amide bonds. The van der Waals surface area contributed by atoms with Crippen molar-refractivity contribution in [2.45, 2.75) is 44.1 Å². The highest BCUT2D eigenvalue weighted by atomic mass is 19.4. The molecule has 3 rings (SSSR count). The quantitative estimate of drug-likeness (QED) is 0.348. The van der Waals surface area contributed by atoms with Gasteiger partial charge in [-0.05, 0) is 66.3 Å². The first kappa shape index (κ1) is 22.3. The van der Waals surface area contributed by atoms with Crippen LogP contribution in [0.15, 0.2) is 49.1 Å². The number of hydrogen-bond donors (Lipinski definition) is 0. The molecule has 2 aromatic carbocycles. The molecule has 0 heterocycles. The van der Waals surface area contributed by atoms with Crippen molar-refractivity contribution in [3.63, 3.8) is 0 Å². The molecule has 0 bridgehead atoms. The molecular formula is C22H19F7O. The molecule has 2 aromatic rings. The van der Waals surface area contributed by atoms with Crippen LogP contribution in [-0.4, -0.2) is 6.36 Å².